The Morgan fingerprint density at radius 3 is 2.11 bits per heavy atom. The number of nitrogens with zero attached hydrogens (tertiary/aromatic N) is 1. The molecule has 0 spiro atoms. The van der Waals surface area contributed by atoms with E-state index in [-0.39, 0.29) is 0 Å². The lowest BCUT2D eigenvalue weighted by molar-refractivity contribution is 0.673. The Bertz CT molecular complexity index is 3070. The summed E-state index contributed by atoms with van der Waals surface area (Å²) < 4.78 is 11.7. The van der Waals surface area contributed by atoms with Crippen molar-refractivity contribution >= 4 is 96.8 Å². The fourth-order valence-electron chi connectivity index (χ4n) is 7.87. The Hall–Kier alpha value is -5.90. The van der Waals surface area contributed by atoms with Crippen LogP contribution < -0.4 is 0 Å². The van der Waals surface area contributed by atoms with Gasteiger partial charge in [0, 0.05) is 52.8 Å². The molecule has 3 heteroatoms. The van der Waals surface area contributed by atoms with E-state index < -0.39 is 0 Å². The lowest BCUT2D eigenvalue weighted by Gasteiger charge is -2.13. The van der Waals surface area contributed by atoms with E-state index >= 15 is 0 Å². The smallest absolute Gasteiger partial charge is 0.143 e. The molecule has 218 valence electrons. The maximum Gasteiger partial charge on any atom is 0.143 e. The molecule has 0 amide bonds. The number of fused-ring (bicyclic) bond motifs is 13. The van der Waals surface area contributed by atoms with Gasteiger partial charge in [0.15, 0.2) is 0 Å². The quantitative estimate of drug-likeness (QED) is 0.177. The van der Waals surface area contributed by atoms with Crippen LogP contribution in [0.25, 0.3) is 102 Å². The summed E-state index contributed by atoms with van der Waals surface area (Å²) in [5.74, 6) is 0. The van der Waals surface area contributed by atoms with Gasteiger partial charge in [-0.15, -0.1) is 11.3 Å². The summed E-state index contributed by atoms with van der Waals surface area (Å²) in [6.07, 6.45) is 0. The van der Waals surface area contributed by atoms with Gasteiger partial charge in [-0.05, 0) is 94.0 Å². The Labute approximate surface area is 273 Å². The number of furan rings is 1. The van der Waals surface area contributed by atoms with Crippen molar-refractivity contribution in [1.82, 2.24) is 4.57 Å². The first-order valence-corrected chi connectivity index (χ1v) is 16.8. The minimum Gasteiger partial charge on any atom is -0.455 e. The van der Waals surface area contributed by atoms with Crippen molar-refractivity contribution in [3.05, 3.63) is 152 Å². The summed E-state index contributed by atoms with van der Waals surface area (Å²) in [4.78, 5) is 0. The molecule has 0 saturated heterocycles. The van der Waals surface area contributed by atoms with Crippen molar-refractivity contribution in [1.29, 1.82) is 0 Å². The number of hydrogen-bond donors (Lipinski definition) is 0. The topological polar surface area (TPSA) is 18.1 Å². The molecule has 11 rings (SSSR count). The SMILES string of the molecule is c1ccc(-n2c3ccccc3c3cc(-c4cc5cc6sc7ccccc7c6cc5c5c4ccc4c6ccccc6oc45)ccc32)cc1. The number of aromatic nitrogens is 1. The van der Waals surface area contributed by atoms with Crippen LogP contribution in [0.2, 0.25) is 0 Å². The van der Waals surface area contributed by atoms with E-state index in [0.29, 0.717) is 0 Å². The standard InChI is InChI=1S/C44H25NOS/c1-2-10-28(11-3-1)45-38-15-7-4-12-29(38)36-22-26(18-21-39(36)45)34-23-27-24-42-37(31-14-6-9-17-41(31)47-42)25-35(27)43-32(34)19-20-33-30-13-5-8-16-40(30)46-44(33)43/h1-25H. The van der Waals surface area contributed by atoms with Crippen molar-refractivity contribution in [3.8, 4) is 16.8 Å². The lowest BCUT2D eigenvalue weighted by Crippen LogP contribution is -1.93. The van der Waals surface area contributed by atoms with Crippen molar-refractivity contribution in [2.75, 3.05) is 0 Å². The first-order valence-electron chi connectivity index (χ1n) is 16.0. The zero-order valence-corrected chi connectivity index (χ0v) is 26.0. The van der Waals surface area contributed by atoms with Crippen LogP contribution in [0, 0.1) is 0 Å². The van der Waals surface area contributed by atoms with Gasteiger partial charge in [-0.3, -0.25) is 0 Å². The second-order valence-corrected chi connectivity index (χ2v) is 13.6. The second-order valence-electron chi connectivity index (χ2n) is 12.5. The van der Waals surface area contributed by atoms with Gasteiger partial charge >= 0.3 is 0 Å². The van der Waals surface area contributed by atoms with Gasteiger partial charge in [0.05, 0.1) is 11.0 Å². The minimum absolute atomic E-state index is 0.922. The molecule has 11 aromatic rings. The van der Waals surface area contributed by atoms with Crippen LogP contribution in [0.3, 0.4) is 0 Å². The van der Waals surface area contributed by atoms with Gasteiger partial charge in [-0.2, -0.15) is 0 Å². The van der Waals surface area contributed by atoms with Crippen LogP contribution in [0.4, 0.5) is 0 Å². The number of benzene rings is 8. The summed E-state index contributed by atoms with van der Waals surface area (Å²) in [5.41, 5.74) is 7.88. The summed E-state index contributed by atoms with van der Waals surface area (Å²) in [6.45, 7) is 0. The second kappa shape index (κ2) is 9.32. The average Bonchev–Trinajstić information content (AvgIpc) is 3.79. The highest BCUT2D eigenvalue weighted by atomic mass is 32.1. The molecule has 8 aromatic carbocycles. The normalized spacial score (nSPS) is 12.3. The molecule has 0 N–H and O–H groups in total. The highest BCUT2D eigenvalue weighted by molar-refractivity contribution is 7.25. The third kappa shape index (κ3) is 3.49. The lowest BCUT2D eigenvalue weighted by atomic mass is 9.91. The molecule has 0 aliphatic rings. The number of hydrogen-bond acceptors (Lipinski definition) is 2. The minimum atomic E-state index is 0.922. The molecule has 0 bridgehead atoms. The summed E-state index contributed by atoms with van der Waals surface area (Å²) in [5, 5.41) is 12.3. The Balaban J connectivity index is 1.27. The molecule has 0 atom stereocenters. The van der Waals surface area contributed by atoms with Gasteiger partial charge in [0.1, 0.15) is 11.2 Å². The van der Waals surface area contributed by atoms with Crippen molar-refractivity contribution in [2.24, 2.45) is 0 Å². The number of para-hydroxylation sites is 3. The average molecular weight is 616 g/mol. The van der Waals surface area contributed by atoms with Crippen LogP contribution in [0.5, 0.6) is 0 Å². The van der Waals surface area contributed by atoms with Crippen molar-refractivity contribution in [3.63, 3.8) is 0 Å². The first kappa shape index (κ1) is 25.3. The molecular formula is C44H25NOS. The van der Waals surface area contributed by atoms with E-state index in [1.165, 1.54) is 80.3 Å². The van der Waals surface area contributed by atoms with E-state index in [2.05, 4.69) is 156 Å². The van der Waals surface area contributed by atoms with Crippen molar-refractivity contribution < 1.29 is 4.42 Å². The first-order chi connectivity index (χ1) is 23.3. The van der Waals surface area contributed by atoms with Crippen LogP contribution >= 0.6 is 11.3 Å². The van der Waals surface area contributed by atoms with Crippen molar-refractivity contribution in [2.45, 2.75) is 0 Å². The summed E-state index contributed by atoms with van der Waals surface area (Å²) in [6, 6.07) is 55.3. The van der Waals surface area contributed by atoms with Crippen LogP contribution in [0.1, 0.15) is 0 Å². The van der Waals surface area contributed by atoms with Gasteiger partial charge in [-0.1, -0.05) is 84.9 Å². The van der Waals surface area contributed by atoms with Gasteiger partial charge in [0.25, 0.3) is 0 Å². The van der Waals surface area contributed by atoms with Gasteiger partial charge in [-0.25, -0.2) is 0 Å². The zero-order chi connectivity index (χ0) is 30.6. The monoisotopic (exact) mass is 615 g/mol. The maximum atomic E-state index is 6.73. The molecule has 3 aromatic heterocycles. The summed E-state index contributed by atoms with van der Waals surface area (Å²) in [7, 11) is 0. The molecular weight excluding hydrogens is 591 g/mol. The van der Waals surface area contributed by atoms with E-state index in [0.717, 1.165) is 21.9 Å². The van der Waals surface area contributed by atoms with Crippen LogP contribution in [-0.4, -0.2) is 4.57 Å². The van der Waals surface area contributed by atoms with E-state index in [4.69, 9.17) is 4.42 Å². The molecule has 2 nitrogen and oxygen atoms in total. The third-order valence-electron chi connectivity index (χ3n) is 9.95. The molecule has 0 fully saturated rings. The Morgan fingerprint density at radius 2 is 1.19 bits per heavy atom. The predicted molar refractivity (Wildman–Crippen MR) is 201 cm³/mol. The fraction of sp³-hybridized carbons (Fsp3) is 0. The van der Waals surface area contributed by atoms with E-state index in [1.807, 2.05) is 11.3 Å². The fourth-order valence-corrected chi connectivity index (χ4v) is 9.01. The highest BCUT2D eigenvalue weighted by Crippen LogP contribution is 2.45. The Morgan fingerprint density at radius 1 is 0.447 bits per heavy atom. The van der Waals surface area contributed by atoms with Gasteiger partial charge in [0.2, 0.25) is 0 Å². The molecule has 47 heavy (non-hydrogen) atoms. The number of rotatable bonds is 2. The zero-order valence-electron chi connectivity index (χ0n) is 25.2. The third-order valence-corrected chi connectivity index (χ3v) is 11.1. The molecule has 0 unspecified atom stereocenters. The maximum absolute atomic E-state index is 6.73. The van der Waals surface area contributed by atoms with Crippen LogP contribution in [-0.2, 0) is 0 Å². The predicted octanol–water partition coefficient (Wildman–Crippen LogP) is 13.0. The summed E-state index contributed by atoms with van der Waals surface area (Å²) >= 11 is 1.87. The molecule has 0 saturated carbocycles. The van der Waals surface area contributed by atoms with E-state index in [9.17, 15) is 0 Å². The molecule has 0 aliphatic heterocycles. The molecule has 3 heterocycles. The largest absolute Gasteiger partial charge is 0.455 e. The van der Waals surface area contributed by atoms with E-state index in [1.54, 1.807) is 0 Å². The van der Waals surface area contributed by atoms with Crippen LogP contribution in [0.15, 0.2) is 156 Å². The highest BCUT2D eigenvalue weighted by Gasteiger charge is 2.19. The van der Waals surface area contributed by atoms with Gasteiger partial charge < -0.3 is 8.98 Å². The molecule has 0 aliphatic carbocycles. The number of thiophene rings is 1. The molecule has 0 radical (unpaired) electrons. The Kier molecular flexibility index (Phi) is 5.02.